The molecule has 0 heterocycles. The Morgan fingerprint density at radius 3 is 1.93 bits per heavy atom. The van der Waals surface area contributed by atoms with E-state index in [0.29, 0.717) is 17.1 Å². The Morgan fingerprint density at radius 2 is 1.33 bits per heavy atom. The highest BCUT2D eigenvalue weighted by atomic mass is 35.5. The van der Waals surface area contributed by atoms with E-state index in [1.54, 1.807) is 23.7 Å². The molecule has 0 aliphatic carbocycles. The van der Waals surface area contributed by atoms with Crippen molar-refractivity contribution in [2.45, 2.75) is 17.2 Å². The van der Waals surface area contributed by atoms with E-state index < -0.39 is 0 Å². The van der Waals surface area contributed by atoms with Crippen molar-refractivity contribution < 1.29 is 4.79 Å². The van der Waals surface area contributed by atoms with Crippen LogP contribution in [0.25, 0.3) is 0 Å². The van der Waals surface area contributed by atoms with Crippen molar-refractivity contribution in [2.24, 2.45) is 0 Å². The van der Waals surface area contributed by atoms with E-state index in [-0.39, 0.29) is 5.91 Å². The second-order valence-corrected chi connectivity index (χ2v) is 8.15. The van der Waals surface area contributed by atoms with Gasteiger partial charge in [-0.3, -0.25) is 4.79 Å². The van der Waals surface area contributed by atoms with Crippen LogP contribution in [-0.2, 0) is 12.3 Å². The molecule has 0 aliphatic rings. The van der Waals surface area contributed by atoms with Crippen LogP contribution in [-0.4, -0.2) is 17.9 Å². The lowest BCUT2D eigenvalue weighted by atomic mass is 10.1. The molecule has 0 N–H and O–H groups in total. The molecule has 3 aromatic carbocycles. The summed E-state index contributed by atoms with van der Waals surface area (Å²) in [5, 5.41) is 1.43. The third-order valence-electron chi connectivity index (χ3n) is 4.10. The Hall–Kier alpha value is -1.94. The van der Waals surface area contributed by atoms with Crippen molar-refractivity contribution in [1.82, 2.24) is 4.90 Å². The normalized spacial score (nSPS) is 10.6. The molecule has 138 valence electrons. The van der Waals surface area contributed by atoms with Gasteiger partial charge in [0.05, 0.1) is 0 Å². The summed E-state index contributed by atoms with van der Waals surface area (Å²) in [6, 6.07) is 23.1. The summed E-state index contributed by atoms with van der Waals surface area (Å²) < 4.78 is 0. The van der Waals surface area contributed by atoms with E-state index in [2.05, 4.69) is 0 Å². The Labute approximate surface area is 174 Å². The van der Waals surface area contributed by atoms with Crippen molar-refractivity contribution in [3.8, 4) is 0 Å². The van der Waals surface area contributed by atoms with Crippen LogP contribution < -0.4 is 0 Å². The predicted octanol–water partition coefficient (Wildman–Crippen LogP) is 6.56. The number of hydrogen-bond donors (Lipinski definition) is 0. The zero-order valence-electron chi connectivity index (χ0n) is 14.9. The van der Waals surface area contributed by atoms with E-state index in [4.69, 9.17) is 23.2 Å². The quantitative estimate of drug-likeness (QED) is 0.424. The number of halogens is 2. The first-order chi connectivity index (χ1) is 13.0. The summed E-state index contributed by atoms with van der Waals surface area (Å²) in [4.78, 5) is 15.5. The minimum absolute atomic E-state index is 0.00172. The van der Waals surface area contributed by atoms with Gasteiger partial charge in [-0.05, 0) is 59.7 Å². The van der Waals surface area contributed by atoms with Crippen LogP contribution in [0.1, 0.15) is 21.5 Å². The highest BCUT2D eigenvalue weighted by Gasteiger charge is 2.12. The number of rotatable bonds is 6. The number of thioether (sulfide) groups is 1. The van der Waals surface area contributed by atoms with Gasteiger partial charge in [-0.15, -0.1) is 11.8 Å². The third kappa shape index (κ3) is 5.77. The molecule has 1 amide bonds. The van der Waals surface area contributed by atoms with Gasteiger partial charge in [-0.25, -0.2) is 0 Å². The minimum Gasteiger partial charge on any atom is -0.337 e. The highest BCUT2D eigenvalue weighted by molar-refractivity contribution is 7.98. The standard InChI is InChI=1S/C22H19Cl2NOS/c1-25(14-16-4-8-19(23)9-5-16)22(26)18-6-2-17(3-7-18)15-27-21-12-10-20(24)11-13-21/h2-13H,14-15H2,1H3. The molecule has 27 heavy (non-hydrogen) atoms. The van der Waals surface area contributed by atoms with Crippen molar-refractivity contribution in [3.63, 3.8) is 0 Å². The second kappa shape index (κ2) is 9.32. The number of carbonyl (C=O) groups is 1. The summed E-state index contributed by atoms with van der Waals surface area (Å²) in [6.45, 7) is 0.546. The van der Waals surface area contributed by atoms with Crippen molar-refractivity contribution >= 4 is 40.9 Å². The first-order valence-electron chi connectivity index (χ1n) is 8.48. The molecule has 0 aromatic heterocycles. The molecule has 0 bridgehead atoms. The molecule has 0 aliphatic heterocycles. The van der Waals surface area contributed by atoms with E-state index in [9.17, 15) is 4.79 Å². The largest absolute Gasteiger partial charge is 0.337 e. The summed E-state index contributed by atoms with van der Waals surface area (Å²) in [5.41, 5.74) is 2.91. The first kappa shape index (κ1) is 19.8. The average molecular weight is 416 g/mol. The molecular weight excluding hydrogens is 397 g/mol. The molecule has 0 saturated heterocycles. The number of carbonyl (C=O) groups excluding carboxylic acids is 1. The Bertz CT molecular complexity index is 893. The Morgan fingerprint density at radius 1 is 0.815 bits per heavy atom. The zero-order valence-corrected chi connectivity index (χ0v) is 17.2. The fraction of sp³-hybridized carbons (Fsp3) is 0.136. The second-order valence-electron chi connectivity index (χ2n) is 6.23. The average Bonchev–Trinajstić information content (AvgIpc) is 2.69. The van der Waals surface area contributed by atoms with E-state index in [0.717, 1.165) is 16.3 Å². The topological polar surface area (TPSA) is 20.3 Å². The van der Waals surface area contributed by atoms with Crippen LogP contribution in [0.5, 0.6) is 0 Å². The third-order valence-corrected chi connectivity index (χ3v) is 5.69. The van der Waals surface area contributed by atoms with Gasteiger partial charge in [0, 0.05) is 39.8 Å². The SMILES string of the molecule is CN(Cc1ccc(Cl)cc1)C(=O)c1ccc(CSc2ccc(Cl)cc2)cc1. The lowest BCUT2D eigenvalue weighted by molar-refractivity contribution is 0.0785. The van der Waals surface area contributed by atoms with Crippen molar-refractivity contribution in [2.75, 3.05) is 7.05 Å². The molecule has 5 heteroatoms. The molecule has 0 spiro atoms. The fourth-order valence-electron chi connectivity index (χ4n) is 2.60. The van der Waals surface area contributed by atoms with Crippen LogP contribution >= 0.6 is 35.0 Å². The summed E-state index contributed by atoms with van der Waals surface area (Å²) in [7, 11) is 1.81. The smallest absolute Gasteiger partial charge is 0.253 e. The lowest BCUT2D eigenvalue weighted by Crippen LogP contribution is -2.26. The maximum atomic E-state index is 12.6. The first-order valence-corrected chi connectivity index (χ1v) is 10.2. The zero-order chi connectivity index (χ0) is 19.2. The summed E-state index contributed by atoms with van der Waals surface area (Å²) in [5.74, 6) is 0.846. The van der Waals surface area contributed by atoms with Gasteiger partial charge in [0.15, 0.2) is 0 Å². The van der Waals surface area contributed by atoms with Crippen LogP contribution in [0.15, 0.2) is 77.7 Å². The van der Waals surface area contributed by atoms with Gasteiger partial charge in [0.2, 0.25) is 0 Å². The monoisotopic (exact) mass is 415 g/mol. The number of amides is 1. The van der Waals surface area contributed by atoms with Gasteiger partial charge >= 0.3 is 0 Å². The minimum atomic E-state index is 0.00172. The van der Waals surface area contributed by atoms with Crippen molar-refractivity contribution in [3.05, 3.63) is 99.5 Å². The molecule has 0 unspecified atom stereocenters. The fourth-order valence-corrected chi connectivity index (χ4v) is 3.70. The Balaban J connectivity index is 1.57. The molecule has 0 atom stereocenters. The lowest BCUT2D eigenvalue weighted by Gasteiger charge is -2.17. The molecule has 3 rings (SSSR count). The van der Waals surface area contributed by atoms with Crippen LogP contribution in [0.4, 0.5) is 0 Å². The van der Waals surface area contributed by atoms with Crippen molar-refractivity contribution in [1.29, 1.82) is 0 Å². The maximum Gasteiger partial charge on any atom is 0.253 e. The maximum absolute atomic E-state index is 12.6. The predicted molar refractivity (Wildman–Crippen MR) is 115 cm³/mol. The summed E-state index contributed by atoms with van der Waals surface area (Å²) in [6.07, 6.45) is 0. The van der Waals surface area contributed by atoms with Crippen LogP contribution in [0.3, 0.4) is 0 Å². The van der Waals surface area contributed by atoms with Crippen LogP contribution in [0, 0.1) is 0 Å². The van der Waals surface area contributed by atoms with E-state index in [1.807, 2.05) is 72.8 Å². The molecule has 0 saturated carbocycles. The van der Waals surface area contributed by atoms with Gasteiger partial charge in [0.25, 0.3) is 5.91 Å². The molecule has 3 aromatic rings. The van der Waals surface area contributed by atoms with Gasteiger partial charge < -0.3 is 4.90 Å². The number of nitrogens with zero attached hydrogens (tertiary/aromatic N) is 1. The molecule has 0 radical (unpaired) electrons. The van der Waals surface area contributed by atoms with Gasteiger partial charge in [0.1, 0.15) is 0 Å². The highest BCUT2D eigenvalue weighted by Crippen LogP contribution is 2.24. The van der Waals surface area contributed by atoms with E-state index >= 15 is 0 Å². The molecular formula is C22H19Cl2NOS. The van der Waals surface area contributed by atoms with E-state index in [1.165, 1.54) is 10.5 Å². The molecule has 0 fully saturated rings. The summed E-state index contributed by atoms with van der Waals surface area (Å²) >= 11 is 13.6. The number of hydrogen-bond acceptors (Lipinski definition) is 2. The van der Waals surface area contributed by atoms with Gasteiger partial charge in [-0.2, -0.15) is 0 Å². The van der Waals surface area contributed by atoms with Gasteiger partial charge in [-0.1, -0.05) is 47.5 Å². The number of benzene rings is 3. The molecule has 2 nitrogen and oxygen atoms in total. The Kier molecular flexibility index (Phi) is 6.84. The van der Waals surface area contributed by atoms with Crippen LogP contribution in [0.2, 0.25) is 10.0 Å².